The van der Waals surface area contributed by atoms with Crippen LogP contribution in [-0.2, 0) is 25.6 Å². The lowest BCUT2D eigenvalue weighted by molar-refractivity contribution is -0.0253. The molecule has 0 aromatic carbocycles. The van der Waals surface area contributed by atoms with Crippen LogP contribution in [0.25, 0.3) is 0 Å². The minimum absolute atomic E-state index is 0.0193. The molecule has 0 amide bonds. The zero-order valence-corrected chi connectivity index (χ0v) is 24.5. The second-order valence-electron chi connectivity index (χ2n) is 9.54. The van der Waals surface area contributed by atoms with Crippen molar-refractivity contribution in [3.05, 3.63) is 0 Å². The first-order valence-corrected chi connectivity index (χ1v) is 17.4. The molecule has 1 aliphatic rings. The summed E-state index contributed by atoms with van der Waals surface area (Å²) in [5, 5.41) is 0. The fourth-order valence-corrected chi connectivity index (χ4v) is 20.0. The highest BCUT2D eigenvalue weighted by Crippen LogP contribution is 2.49. The molecule has 6 nitrogen and oxygen atoms in total. The van der Waals surface area contributed by atoms with Gasteiger partial charge < -0.3 is 25.6 Å². The summed E-state index contributed by atoms with van der Waals surface area (Å²) in [6, 6.07) is 0. The zero-order chi connectivity index (χ0) is 23.3. The van der Waals surface area contributed by atoms with Crippen LogP contribution in [-0.4, -0.2) is 44.7 Å². The molecule has 0 bridgehead atoms. The lowest BCUT2D eigenvalue weighted by Crippen LogP contribution is -2.77. The van der Waals surface area contributed by atoms with Gasteiger partial charge in [0.25, 0.3) is 0 Å². The summed E-state index contributed by atoms with van der Waals surface area (Å²) >= 11 is 0. The Bertz CT molecular complexity index is 440. The van der Waals surface area contributed by atoms with Crippen molar-refractivity contribution in [2.45, 2.75) is 137 Å². The molecule has 0 N–H and O–H groups in total. The van der Waals surface area contributed by atoms with Crippen LogP contribution in [0.5, 0.6) is 0 Å². The van der Waals surface area contributed by atoms with E-state index in [9.17, 15) is 0 Å². The quantitative estimate of drug-likeness (QED) is 0.295. The second kappa shape index (κ2) is 11.5. The Morgan fingerprint density at radius 2 is 0.667 bits per heavy atom. The molecule has 0 spiro atoms. The molecule has 0 aliphatic carbocycles. The van der Waals surface area contributed by atoms with Gasteiger partial charge in [-0.3, -0.25) is 0 Å². The first-order chi connectivity index (χ1) is 13.8. The van der Waals surface area contributed by atoms with E-state index in [1.54, 1.807) is 0 Å². The van der Waals surface area contributed by atoms with Crippen LogP contribution >= 0.6 is 0 Å². The number of rotatable bonds is 12. The lowest BCUT2D eigenvalue weighted by Gasteiger charge is -2.55. The molecule has 0 aromatic rings. The molecule has 0 radical (unpaired) electrons. The van der Waals surface area contributed by atoms with Crippen LogP contribution in [0.15, 0.2) is 0 Å². The Morgan fingerprint density at radius 1 is 0.467 bits per heavy atom. The van der Waals surface area contributed by atoms with Crippen LogP contribution in [0.4, 0.5) is 0 Å². The highest BCUT2D eigenvalue weighted by atomic mass is 28.5. The van der Waals surface area contributed by atoms with E-state index in [1.807, 2.05) is 41.5 Å². The molecule has 0 aromatic heterocycles. The van der Waals surface area contributed by atoms with E-state index in [1.165, 1.54) is 0 Å². The van der Waals surface area contributed by atoms with Crippen molar-refractivity contribution >= 4 is 26.4 Å². The first kappa shape index (κ1) is 28.4. The third kappa shape index (κ3) is 6.48. The number of hydrogen-bond acceptors (Lipinski definition) is 6. The predicted molar refractivity (Wildman–Crippen MR) is 128 cm³/mol. The summed E-state index contributed by atoms with van der Waals surface area (Å²) in [4.78, 5) is 0. The number of hydrogen-bond donors (Lipinski definition) is 0. The Hall–Kier alpha value is 0.411. The van der Waals surface area contributed by atoms with Crippen molar-refractivity contribution < 1.29 is 25.6 Å². The molecule has 30 heavy (non-hydrogen) atoms. The van der Waals surface area contributed by atoms with Gasteiger partial charge in [0.2, 0.25) is 0 Å². The highest BCUT2D eigenvalue weighted by molar-refractivity contribution is 6.90. The van der Waals surface area contributed by atoms with E-state index in [0.717, 1.165) is 19.3 Å². The van der Waals surface area contributed by atoms with Crippen molar-refractivity contribution in [1.82, 2.24) is 0 Å². The average molecular weight is 481 g/mol. The molecule has 180 valence electrons. The maximum Gasteiger partial charge on any atom is 0.489 e. The van der Waals surface area contributed by atoms with Gasteiger partial charge in [0.1, 0.15) is 0 Å². The van der Waals surface area contributed by atoms with Crippen LogP contribution < -0.4 is 0 Å². The van der Waals surface area contributed by atoms with Gasteiger partial charge in [-0.15, -0.1) is 0 Å². The van der Waals surface area contributed by atoms with Crippen LogP contribution in [0, 0.1) is 0 Å². The maximum absolute atomic E-state index is 6.96. The van der Waals surface area contributed by atoms with Crippen molar-refractivity contribution in [2.75, 3.05) is 0 Å². The zero-order valence-electron chi connectivity index (χ0n) is 21.5. The average Bonchev–Trinajstić information content (AvgIpc) is 2.63. The molecule has 9 heteroatoms. The smallest absolute Gasteiger partial charge is 0.372 e. The van der Waals surface area contributed by atoms with Gasteiger partial charge in [-0.25, -0.2) is 0 Å². The van der Waals surface area contributed by atoms with E-state index >= 15 is 0 Å². The van der Waals surface area contributed by atoms with Gasteiger partial charge in [-0.1, -0.05) is 41.5 Å². The third-order valence-corrected chi connectivity index (χ3v) is 19.8. The summed E-state index contributed by atoms with van der Waals surface area (Å²) in [6.45, 7) is 25.3. The Labute approximate surface area is 189 Å². The minimum Gasteiger partial charge on any atom is -0.372 e. The topological polar surface area (TPSA) is 55.4 Å². The SMILES string of the molecule is CCC(C)[Si]1(OC(C)C)O[Si](OC(C)C)(C(C)CC)O[Si](OC(C)C)(C(C)CC)O1. The predicted octanol–water partition coefficient (Wildman–Crippen LogP) is 6.54. The molecule has 3 unspecified atom stereocenters. The highest BCUT2D eigenvalue weighted by Gasteiger charge is 2.72. The van der Waals surface area contributed by atoms with Crippen molar-refractivity contribution in [2.24, 2.45) is 0 Å². The second-order valence-corrected chi connectivity index (χ2v) is 19.3. The molecular weight excluding hydrogens is 432 g/mol. The molecule has 1 fully saturated rings. The lowest BCUT2D eigenvalue weighted by atomic mass is 10.4. The molecule has 1 rings (SSSR count). The van der Waals surface area contributed by atoms with Crippen molar-refractivity contribution in [1.29, 1.82) is 0 Å². The van der Waals surface area contributed by atoms with Gasteiger partial charge in [-0.2, -0.15) is 0 Å². The first-order valence-electron chi connectivity index (χ1n) is 12.0. The van der Waals surface area contributed by atoms with Crippen molar-refractivity contribution in [3.8, 4) is 0 Å². The van der Waals surface area contributed by atoms with E-state index in [2.05, 4.69) is 41.5 Å². The van der Waals surface area contributed by atoms with E-state index in [0.29, 0.717) is 0 Å². The van der Waals surface area contributed by atoms with Gasteiger partial charge in [0.15, 0.2) is 0 Å². The van der Waals surface area contributed by atoms with Gasteiger partial charge in [-0.05, 0) is 60.8 Å². The fourth-order valence-electron chi connectivity index (χ4n) is 3.49. The largest absolute Gasteiger partial charge is 0.489 e. The maximum atomic E-state index is 6.96. The summed E-state index contributed by atoms with van der Waals surface area (Å²) in [5.74, 6) is 0. The summed E-state index contributed by atoms with van der Waals surface area (Å²) in [7, 11) is -9.49. The summed E-state index contributed by atoms with van der Waals surface area (Å²) in [6.07, 6.45) is 2.65. The minimum atomic E-state index is -3.16. The van der Waals surface area contributed by atoms with E-state index in [-0.39, 0.29) is 34.9 Å². The molecule has 1 aliphatic heterocycles. The van der Waals surface area contributed by atoms with Gasteiger partial charge in [0, 0.05) is 34.9 Å². The van der Waals surface area contributed by atoms with Crippen LogP contribution in [0.1, 0.15) is 102 Å². The summed E-state index contributed by atoms with van der Waals surface area (Å²) < 4.78 is 40.7. The molecular formula is C21H48O6Si3. The molecule has 0 saturated carbocycles. The van der Waals surface area contributed by atoms with E-state index in [4.69, 9.17) is 25.6 Å². The monoisotopic (exact) mass is 480 g/mol. The molecule has 1 heterocycles. The molecule has 1 saturated heterocycles. The summed E-state index contributed by atoms with van der Waals surface area (Å²) in [5.41, 5.74) is 0.381. The van der Waals surface area contributed by atoms with Crippen LogP contribution in [0.3, 0.4) is 0 Å². The Balaban J connectivity index is 3.77. The van der Waals surface area contributed by atoms with Gasteiger partial charge in [0.05, 0.1) is 0 Å². The van der Waals surface area contributed by atoms with Crippen LogP contribution in [0.2, 0.25) is 16.6 Å². The fraction of sp³-hybridized carbons (Fsp3) is 1.00. The van der Waals surface area contributed by atoms with Crippen molar-refractivity contribution in [3.63, 3.8) is 0 Å². The Kier molecular flexibility index (Phi) is 10.9. The third-order valence-electron chi connectivity index (χ3n) is 5.70. The molecule has 3 atom stereocenters. The van der Waals surface area contributed by atoms with Gasteiger partial charge >= 0.3 is 26.4 Å². The normalized spacial score (nSPS) is 33.3. The Morgan fingerprint density at radius 3 is 0.800 bits per heavy atom. The van der Waals surface area contributed by atoms with E-state index < -0.39 is 26.4 Å². The standard InChI is InChI=1S/C21H48O6Si3/c1-13-19(10)28(22-16(4)5)25-29(20(11)14-2,23-17(6)7)27-30(26-28,21(12)15-3)24-18(8)9/h16-21H,13-15H2,1-12H3.